The van der Waals surface area contributed by atoms with Crippen molar-refractivity contribution in [2.45, 2.75) is 58.3 Å². The maximum Gasteiger partial charge on any atom is 0.223 e. The largest absolute Gasteiger partial charge is 0.494 e. The van der Waals surface area contributed by atoms with Gasteiger partial charge in [0.05, 0.1) is 12.0 Å². The molecule has 1 aliphatic carbocycles. The summed E-state index contributed by atoms with van der Waals surface area (Å²) in [6.45, 7) is 11.5. The lowest BCUT2D eigenvalue weighted by Gasteiger charge is -2.38. The Kier molecular flexibility index (Phi) is 13.0. The summed E-state index contributed by atoms with van der Waals surface area (Å²) >= 11 is 0. The molecule has 2 saturated heterocycles. The van der Waals surface area contributed by atoms with E-state index in [0.717, 1.165) is 83.7 Å². The molecule has 0 radical (unpaired) electrons. The summed E-state index contributed by atoms with van der Waals surface area (Å²) in [6.07, 6.45) is 11.0. The van der Waals surface area contributed by atoms with Crippen molar-refractivity contribution in [3.8, 4) is 5.75 Å². The Bertz CT molecular complexity index is 789. The number of primary amides is 1. The van der Waals surface area contributed by atoms with Crippen LogP contribution in [0.2, 0.25) is 0 Å². The molecule has 3 aliphatic rings. The third kappa shape index (κ3) is 9.94. The Morgan fingerprint density at radius 1 is 1.00 bits per heavy atom. The van der Waals surface area contributed by atoms with Gasteiger partial charge in [0.1, 0.15) is 12.5 Å². The van der Waals surface area contributed by atoms with Crippen LogP contribution in [0, 0.1) is 5.41 Å². The van der Waals surface area contributed by atoms with Crippen LogP contribution < -0.4 is 15.4 Å². The molecule has 3 fully saturated rings. The van der Waals surface area contributed by atoms with Crippen molar-refractivity contribution in [3.63, 3.8) is 0 Å². The maximum absolute atomic E-state index is 11.7. The van der Waals surface area contributed by atoms with E-state index in [1.54, 1.807) is 5.57 Å². The van der Waals surface area contributed by atoms with Gasteiger partial charge in [-0.2, -0.15) is 0 Å². The Hall–Kier alpha value is -2.38. The lowest BCUT2D eigenvalue weighted by molar-refractivity contribution is -0.130. The third-order valence-electron chi connectivity index (χ3n) is 7.53. The Balaban J connectivity index is 0.000000239. The number of hydrogen-bond donors (Lipinski definition) is 1. The zero-order chi connectivity index (χ0) is 26.4. The molecule has 4 rings (SSSR count). The molecular formula is C29H48N4O3. The number of hydrogen-bond acceptors (Lipinski definition) is 6. The number of allylic oxidation sites excluding steroid dienone is 2. The molecule has 0 spiro atoms. The first-order chi connectivity index (χ1) is 17.4. The van der Waals surface area contributed by atoms with Crippen molar-refractivity contribution in [2.24, 2.45) is 11.1 Å². The molecule has 2 N–H and O–H groups in total. The number of likely N-dealkylation sites (N-methyl/N-ethyl adjacent to an activating group) is 1. The fourth-order valence-corrected chi connectivity index (χ4v) is 4.65. The monoisotopic (exact) mass is 500 g/mol. The van der Waals surface area contributed by atoms with Gasteiger partial charge >= 0.3 is 0 Å². The van der Waals surface area contributed by atoms with Gasteiger partial charge in [-0.3, -0.25) is 4.79 Å². The summed E-state index contributed by atoms with van der Waals surface area (Å²) in [5.41, 5.74) is 8.25. The van der Waals surface area contributed by atoms with Crippen molar-refractivity contribution < 1.29 is 14.3 Å². The van der Waals surface area contributed by atoms with Gasteiger partial charge in [0.15, 0.2) is 0 Å². The number of amides is 1. The Labute approximate surface area is 218 Å². The molecule has 7 nitrogen and oxygen atoms in total. The average molecular weight is 501 g/mol. The van der Waals surface area contributed by atoms with Gasteiger partial charge in [-0.05, 0) is 96.4 Å². The highest BCUT2D eigenvalue weighted by Gasteiger charge is 2.38. The van der Waals surface area contributed by atoms with E-state index in [9.17, 15) is 4.79 Å². The van der Waals surface area contributed by atoms with Crippen LogP contribution in [0.25, 0.3) is 0 Å². The fourth-order valence-electron chi connectivity index (χ4n) is 4.65. The second kappa shape index (κ2) is 15.7. The van der Waals surface area contributed by atoms with Crippen LogP contribution in [-0.2, 0) is 9.59 Å². The molecule has 36 heavy (non-hydrogen) atoms. The minimum Gasteiger partial charge on any atom is -0.494 e. The number of piperidine rings is 1. The first-order valence-electron chi connectivity index (χ1n) is 13.5. The Morgan fingerprint density at radius 2 is 1.58 bits per heavy atom. The van der Waals surface area contributed by atoms with Gasteiger partial charge in [0.2, 0.25) is 5.91 Å². The molecule has 2 aliphatic heterocycles. The molecule has 0 atom stereocenters. The van der Waals surface area contributed by atoms with Gasteiger partial charge in [0.25, 0.3) is 0 Å². The zero-order valence-corrected chi connectivity index (χ0v) is 22.8. The number of carbonyl (C=O) groups is 2. The Morgan fingerprint density at radius 3 is 2.11 bits per heavy atom. The molecule has 1 amide bonds. The van der Waals surface area contributed by atoms with Crippen LogP contribution in [0.3, 0.4) is 0 Å². The third-order valence-corrected chi connectivity index (χ3v) is 7.53. The second-order valence-corrected chi connectivity index (χ2v) is 10.3. The smallest absolute Gasteiger partial charge is 0.223 e. The number of nitrogens with two attached hydrogens (primary N) is 1. The molecule has 202 valence electrons. The van der Waals surface area contributed by atoms with Crippen molar-refractivity contribution >= 4 is 18.4 Å². The highest BCUT2D eigenvalue weighted by molar-refractivity contribution is 5.81. The topological polar surface area (TPSA) is 79.1 Å². The quantitative estimate of drug-likeness (QED) is 0.406. The van der Waals surface area contributed by atoms with Gasteiger partial charge in [-0.25, -0.2) is 0 Å². The minimum atomic E-state index is -0.224. The molecule has 1 aromatic carbocycles. The van der Waals surface area contributed by atoms with Crippen LogP contribution in [0.4, 0.5) is 5.69 Å². The predicted octanol–water partition coefficient (Wildman–Crippen LogP) is 4.12. The molecule has 1 saturated carbocycles. The number of nitrogens with zero attached hydrogens (tertiary/aromatic N) is 3. The summed E-state index contributed by atoms with van der Waals surface area (Å²) in [5, 5.41) is 0. The summed E-state index contributed by atoms with van der Waals surface area (Å²) < 4.78 is 5.68. The molecule has 7 heteroatoms. The molecule has 0 aromatic heterocycles. The number of unbranched alkanes of at least 4 members (excludes halogenated alkanes) is 1. The van der Waals surface area contributed by atoms with E-state index in [0.29, 0.717) is 0 Å². The molecular weight excluding hydrogens is 452 g/mol. The molecule has 2 heterocycles. The summed E-state index contributed by atoms with van der Waals surface area (Å²) in [6, 6.07) is 8.52. The number of benzene rings is 1. The lowest BCUT2D eigenvalue weighted by atomic mass is 9.74. The molecule has 0 unspecified atom stereocenters. The normalized spacial score (nSPS) is 19.3. The van der Waals surface area contributed by atoms with Crippen molar-refractivity contribution in [2.75, 3.05) is 64.9 Å². The van der Waals surface area contributed by atoms with E-state index in [4.69, 9.17) is 15.3 Å². The van der Waals surface area contributed by atoms with Crippen LogP contribution in [0.15, 0.2) is 35.9 Å². The van der Waals surface area contributed by atoms with Crippen LogP contribution >= 0.6 is 0 Å². The van der Waals surface area contributed by atoms with Gasteiger partial charge in [-0.15, -0.1) is 0 Å². The standard InChI is InChI=1S/C15H24N2O.C13H22N2O.CH2O/c1-3-4-13-18-15-7-5-14(6-8-15)17-11-9-16(2)10-12-17;1-15-9-7-13(8-10-15,12(14)16)6-2-3-11-4-5-11;1-2/h5-8H,3-4,9-13H2,1-2H3;3H,2,4-10H2,1H3,(H2,14,16);1H2. The van der Waals surface area contributed by atoms with Crippen molar-refractivity contribution in [3.05, 3.63) is 35.9 Å². The highest BCUT2D eigenvalue weighted by atomic mass is 16.5. The predicted molar refractivity (Wildman–Crippen MR) is 149 cm³/mol. The first kappa shape index (κ1) is 29.8. The fraction of sp³-hybridized carbons (Fsp3) is 0.655. The number of likely N-dealkylation sites (tertiary alicyclic amines) is 1. The SMILES string of the molecule is C=O.CCCCOc1ccc(N2CCN(C)CC2)cc1.CN1CCC(CCC=C2CC2)(C(N)=O)CC1. The van der Waals surface area contributed by atoms with Gasteiger partial charge in [-0.1, -0.05) is 25.0 Å². The lowest BCUT2D eigenvalue weighted by Crippen LogP contribution is -2.46. The van der Waals surface area contributed by atoms with E-state index in [1.165, 1.54) is 24.9 Å². The van der Waals surface area contributed by atoms with Crippen LogP contribution in [0.1, 0.15) is 58.3 Å². The number of ether oxygens (including phenoxy) is 1. The van der Waals surface area contributed by atoms with E-state index in [-0.39, 0.29) is 11.3 Å². The number of anilines is 1. The minimum absolute atomic E-state index is 0.0882. The molecule has 0 bridgehead atoms. The van der Waals surface area contributed by atoms with Crippen molar-refractivity contribution in [1.29, 1.82) is 0 Å². The summed E-state index contributed by atoms with van der Waals surface area (Å²) in [7, 11) is 4.29. The average Bonchev–Trinajstić information content (AvgIpc) is 3.73. The van der Waals surface area contributed by atoms with Gasteiger partial charge < -0.3 is 30.0 Å². The number of piperazine rings is 1. The van der Waals surface area contributed by atoms with E-state index in [2.05, 4.69) is 66.1 Å². The van der Waals surface area contributed by atoms with Crippen LogP contribution in [0.5, 0.6) is 5.75 Å². The number of carbonyl (C=O) groups excluding carboxylic acids is 2. The van der Waals surface area contributed by atoms with Gasteiger partial charge in [0, 0.05) is 31.9 Å². The second-order valence-electron chi connectivity index (χ2n) is 10.3. The summed E-state index contributed by atoms with van der Waals surface area (Å²) in [4.78, 5) is 26.7. The van der Waals surface area contributed by atoms with Crippen LogP contribution in [-0.4, -0.2) is 82.5 Å². The maximum atomic E-state index is 11.7. The number of rotatable bonds is 9. The van der Waals surface area contributed by atoms with E-state index in [1.807, 2.05) is 6.79 Å². The summed E-state index contributed by atoms with van der Waals surface area (Å²) in [5.74, 6) is 0.899. The van der Waals surface area contributed by atoms with Crippen molar-refractivity contribution in [1.82, 2.24) is 9.80 Å². The highest BCUT2D eigenvalue weighted by Crippen LogP contribution is 2.37. The zero-order valence-electron chi connectivity index (χ0n) is 22.8. The van der Waals surface area contributed by atoms with E-state index < -0.39 is 0 Å². The molecule has 1 aromatic rings. The first-order valence-corrected chi connectivity index (χ1v) is 13.5. The van der Waals surface area contributed by atoms with E-state index >= 15 is 0 Å².